The summed E-state index contributed by atoms with van der Waals surface area (Å²) in [6, 6.07) is 19.6. The van der Waals surface area contributed by atoms with Gasteiger partial charge < -0.3 is 30.3 Å². The number of para-hydroxylation sites is 1. The minimum atomic E-state index is -0.596. The number of aromatic nitrogens is 1. The predicted octanol–water partition coefficient (Wildman–Crippen LogP) is 3.61. The molecule has 10 heteroatoms. The van der Waals surface area contributed by atoms with E-state index >= 15 is 0 Å². The minimum Gasteiger partial charge on any atom is -0.427 e. The van der Waals surface area contributed by atoms with E-state index in [9.17, 15) is 14.4 Å². The summed E-state index contributed by atoms with van der Waals surface area (Å²) >= 11 is 0. The first kappa shape index (κ1) is 27.1. The Morgan fingerprint density at radius 1 is 0.975 bits per heavy atom. The van der Waals surface area contributed by atoms with Crippen LogP contribution in [0.2, 0.25) is 0 Å². The fourth-order valence-electron chi connectivity index (χ4n) is 5.04. The number of esters is 1. The third kappa shape index (κ3) is 6.76. The van der Waals surface area contributed by atoms with Gasteiger partial charge in [0.1, 0.15) is 17.4 Å². The molecule has 5 rings (SSSR count). The third-order valence-corrected chi connectivity index (χ3v) is 7.11. The lowest BCUT2D eigenvalue weighted by atomic mass is 9.95. The molecule has 40 heavy (non-hydrogen) atoms. The average Bonchev–Trinajstić information content (AvgIpc) is 2.98. The van der Waals surface area contributed by atoms with Crippen LogP contribution in [-0.2, 0) is 9.53 Å². The van der Waals surface area contributed by atoms with E-state index in [1.54, 1.807) is 53.4 Å². The first-order valence-corrected chi connectivity index (χ1v) is 13.5. The van der Waals surface area contributed by atoms with Crippen molar-refractivity contribution in [3.63, 3.8) is 0 Å². The van der Waals surface area contributed by atoms with Crippen LogP contribution in [0.15, 0.2) is 66.7 Å². The highest BCUT2D eigenvalue weighted by Crippen LogP contribution is 2.28. The summed E-state index contributed by atoms with van der Waals surface area (Å²) in [7, 11) is 0. The van der Waals surface area contributed by atoms with E-state index in [4.69, 9.17) is 20.2 Å². The van der Waals surface area contributed by atoms with Crippen molar-refractivity contribution in [1.29, 1.82) is 0 Å². The summed E-state index contributed by atoms with van der Waals surface area (Å²) in [5, 5.41) is 3.19. The number of amides is 2. The van der Waals surface area contributed by atoms with Crippen LogP contribution < -0.4 is 20.7 Å². The number of carbonyl (C=O) groups excluding carboxylic acids is 3. The number of benzene rings is 2. The van der Waals surface area contributed by atoms with Crippen molar-refractivity contribution in [3.8, 4) is 5.75 Å². The van der Waals surface area contributed by atoms with Crippen molar-refractivity contribution in [3.05, 3.63) is 77.9 Å². The van der Waals surface area contributed by atoms with Gasteiger partial charge >= 0.3 is 5.97 Å². The van der Waals surface area contributed by atoms with E-state index in [0.29, 0.717) is 67.9 Å². The average molecular weight is 544 g/mol. The first-order valence-electron chi connectivity index (χ1n) is 13.5. The van der Waals surface area contributed by atoms with E-state index in [1.807, 2.05) is 18.2 Å². The van der Waals surface area contributed by atoms with Gasteiger partial charge in [-0.25, -0.2) is 4.98 Å². The second kappa shape index (κ2) is 12.6. The molecule has 0 spiro atoms. The molecule has 2 amide bonds. The number of carbonyl (C=O) groups is 3. The fourth-order valence-corrected chi connectivity index (χ4v) is 5.04. The number of hydrogen-bond donors (Lipinski definition) is 2. The van der Waals surface area contributed by atoms with Crippen LogP contribution >= 0.6 is 0 Å². The van der Waals surface area contributed by atoms with Crippen molar-refractivity contribution < 1.29 is 23.9 Å². The van der Waals surface area contributed by atoms with Crippen molar-refractivity contribution >= 4 is 35.1 Å². The van der Waals surface area contributed by atoms with Gasteiger partial charge in [-0.05, 0) is 67.3 Å². The molecule has 0 bridgehead atoms. The Labute approximate surface area is 233 Å². The predicted molar refractivity (Wildman–Crippen MR) is 151 cm³/mol. The van der Waals surface area contributed by atoms with Crippen molar-refractivity contribution in [2.75, 3.05) is 49.6 Å². The largest absolute Gasteiger partial charge is 0.427 e. The summed E-state index contributed by atoms with van der Waals surface area (Å²) in [6.45, 7) is 3.65. The standard InChI is InChI=1S/C30H33N5O5/c31-28(37)25-12-13-26(35-14-4-5-21(20-35)19-27(36)40-24-6-2-1-3-7-24)33-29(25)32-23-10-8-22(9-11-23)30(38)34-15-17-39-18-16-34/h1-3,6-13,21H,4-5,14-20H2,(H2,31,37)(H,32,33)/t21-/m0/s1. The summed E-state index contributed by atoms with van der Waals surface area (Å²) in [5.74, 6) is 0.790. The molecule has 0 aliphatic carbocycles. The van der Waals surface area contributed by atoms with Crippen LogP contribution in [0.25, 0.3) is 0 Å². The zero-order chi connectivity index (χ0) is 27.9. The molecule has 3 N–H and O–H groups in total. The highest BCUT2D eigenvalue weighted by molar-refractivity contribution is 5.99. The zero-order valence-electron chi connectivity index (χ0n) is 22.3. The second-order valence-electron chi connectivity index (χ2n) is 9.98. The van der Waals surface area contributed by atoms with Gasteiger partial charge in [-0.2, -0.15) is 0 Å². The number of piperidine rings is 1. The lowest BCUT2D eigenvalue weighted by Gasteiger charge is -2.33. The van der Waals surface area contributed by atoms with E-state index in [2.05, 4.69) is 10.2 Å². The quantitative estimate of drug-likeness (QED) is 0.326. The molecule has 3 aromatic rings. The topological polar surface area (TPSA) is 127 Å². The van der Waals surface area contributed by atoms with Crippen molar-refractivity contribution in [1.82, 2.24) is 9.88 Å². The highest BCUT2D eigenvalue weighted by Gasteiger charge is 2.25. The van der Waals surface area contributed by atoms with Gasteiger partial charge in [0.2, 0.25) is 0 Å². The SMILES string of the molecule is NC(=O)c1ccc(N2CCC[C@@H](CC(=O)Oc3ccccc3)C2)nc1Nc1ccc(C(=O)N2CCOCC2)cc1. The molecule has 2 aliphatic heterocycles. The number of rotatable bonds is 8. The zero-order valence-corrected chi connectivity index (χ0v) is 22.3. The lowest BCUT2D eigenvalue weighted by molar-refractivity contribution is -0.135. The van der Waals surface area contributed by atoms with Crippen LogP contribution in [-0.4, -0.2) is 67.1 Å². The van der Waals surface area contributed by atoms with E-state index in [1.165, 1.54) is 0 Å². The summed E-state index contributed by atoms with van der Waals surface area (Å²) in [5.41, 5.74) is 7.15. The van der Waals surface area contributed by atoms with Gasteiger partial charge in [0.15, 0.2) is 0 Å². The van der Waals surface area contributed by atoms with Gasteiger partial charge in [0.05, 0.1) is 25.2 Å². The Morgan fingerprint density at radius 3 is 2.45 bits per heavy atom. The number of pyridine rings is 1. The molecule has 2 aromatic carbocycles. The van der Waals surface area contributed by atoms with E-state index in [-0.39, 0.29) is 23.4 Å². The van der Waals surface area contributed by atoms with Crippen molar-refractivity contribution in [2.45, 2.75) is 19.3 Å². The molecule has 10 nitrogen and oxygen atoms in total. The normalized spacial score (nSPS) is 17.2. The molecular formula is C30H33N5O5. The van der Waals surface area contributed by atoms with Crippen LogP contribution in [0.5, 0.6) is 5.75 Å². The fraction of sp³-hybridized carbons (Fsp3) is 0.333. The number of hydrogen-bond acceptors (Lipinski definition) is 8. The Bertz CT molecular complexity index is 1340. The number of ether oxygens (including phenoxy) is 2. The Hall–Kier alpha value is -4.44. The number of anilines is 3. The number of primary amides is 1. The molecule has 2 aliphatic rings. The van der Waals surface area contributed by atoms with Crippen LogP contribution in [0.3, 0.4) is 0 Å². The molecule has 208 valence electrons. The Morgan fingerprint density at radius 2 is 1.73 bits per heavy atom. The Kier molecular flexibility index (Phi) is 8.56. The van der Waals surface area contributed by atoms with Gasteiger partial charge in [-0.3, -0.25) is 14.4 Å². The molecule has 1 atom stereocenters. The number of nitrogens with one attached hydrogen (secondary N) is 1. The minimum absolute atomic E-state index is 0.0416. The van der Waals surface area contributed by atoms with Crippen LogP contribution in [0, 0.1) is 5.92 Å². The number of morpholine rings is 1. The van der Waals surface area contributed by atoms with Gasteiger partial charge in [-0.1, -0.05) is 18.2 Å². The molecule has 0 unspecified atom stereocenters. The smallest absolute Gasteiger partial charge is 0.311 e. The van der Waals surface area contributed by atoms with E-state index < -0.39 is 5.91 Å². The first-order chi connectivity index (χ1) is 19.5. The van der Waals surface area contributed by atoms with Crippen molar-refractivity contribution in [2.24, 2.45) is 11.7 Å². The maximum absolute atomic E-state index is 12.8. The summed E-state index contributed by atoms with van der Waals surface area (Å²) in [4.78, 5) is 46.0. The molecule has 0 radical (unpaired) electrons. The van der Waals surface area contributed by atoms with Crippen LogP contribution in [0.1, 0.15) is 40.0 Å². The molecule has 1 aromatic heterocycles. The maximum atomic E-state index is 12.8. The van der Waals surface area contributed by atoms with Gasteiger partial charge in [0, 0.05) is 37.4 Å². The highest BCUT2D eigenvalue weighted by atomic mass is 16.5. The number of nitrogens with zero attached hydrogens (tertiary/aromatic N) is 3. The summed E-state index contributed by atoms with van der Waals surface area (Å²) < 4.78 is 10.8. The molecule has 3 heterocycles. The molecule has 2 saturated heterocycles. The molecule has 2 fully saturated rings. The van der Waals surface area contributed by atoms with Crippen LogP contribution in [0.4, 0.5) is 17.3 Å². The summed E-state index contributed by atoms with van der Waals surface area (Å²) in [6.07, 6.45) is 2.13. The second-order valence-corrected chi connectivity index (χ2v) is 9.98. The third-order valence-electron chi connectivity index (χ3n) is 7.11. The molecular weight excluding hydrogens is 510 g/mol. The maximum Gasteiger partial charge on any atom is 0.311 e. The lowest BCUT2D eigenvalue weighted by Crippen LogP contribution is -2.40. The monoisotopic (exact) mass is 543 g/mol. The Balaban J connectivity index is 1.26. The molecule has 0 saturated carbocycles. The van der Waals surface area contributed by atoms with E-state index in [0.717, 1.165) is 19.4 Å². The van der Waals surface area contributed by atoms with Gasteiger partial charge in [0.25, 0.3) is 11.8 Å². The van der Waals surface area contributed by atoms with Gasteiger partial charge in [-0.15, -0.1) is 0 Å². The number of nitrogens with two attached hydrogens (primary N) is 1.